The van der Waals surface area contributed by atoms with E-state index in [1.807, 2.05) is 36.4 Å². The van der Waals surface area contributed by atoms with E-state index < -0.39 is 5.25 Å². The van der Waals surface area contributed by atoms with Gasteiger partial charge >= 0.3 is 0 Å². The lowest BCUT2D eigenvalue weighted by molar-refractivity contribution is -0.115. The molecule has 35 heavy (non-hydrogen) atoms. The molecule has 1 aromatic heterocycles. The number of carbonyl (C=O) groups is 2. The summed E-state index contributed by atoms with van der Waals surface area (Å²) in [5.74, 6) is -0.386. The number of nitrogens with zero attached hydrogens (tertiary/aromatic N) is 2. The van der Waals surface area contributed by atoms with Crippen LogP contribution in [0.3, 0.4) is 0 Å². The highest BCUT2D eigenvalue weighted by molar-refractivity contribution is 8.00. The van der Waals surface area contributed by atoms with Gasteiger partial charge in [-0.3, -0.25) is 19.0 Å². The first-order chi connectivity index (χ1) is 16.9. The van der Waals surface area contributed by atoms with Crippen LogP contribution in [0.4, 0.5) is 11.4 Å². The molecule has 0 bridgehead atoms. The zero-order valence-electron chi connectivity index (χ0n) is 19.7. The number of fused-ring (bicyclic) bond motifs is 1. The van der Waals surface area contributed by atoms with Crippen molar-refractivity contribution in [3.8, 4) is 5.69 Å². The SMILES string of the molecule is CCc1ccc(-n2c(SC(C)C(=O)Nc3ccc(NC(C)=O)cc3)nc3ccccc3c2=O)cc1. The van der Waals surface area contributed by atoms with E-state index in [4.69, 9.17) is 4.98 Å². The summed E-state index contributed by atoms with van der Waals surface area (Å²) >= 11 is 1.23. The molecule has 1 heterocycles. The molecule has 0 aliphatic rings. The van der Waals surface area contributed by atoms with E-state index in [-0.39, 0.29) is 17.4 Å². The quantitative estimate of drug-likeness (QED) is 0.282. The van der Waals surface area contributed by atoms with E-state index in [0.717, 1.165) is 6.42 Å². The highest BCUT2D eigenvalue weighted by Gasteiger charge is 2.20. The Bertz CT molecular complexity index is 1430. The molecule has 0 saturated carbocycles. The van der Waals surface area contributed by atoms with Crippen LogP contribution in [0.5, 0.6) is 0 Å². The summed E-state index contributed by atoms with van der Waals surface area (Å²) in [5.41, 5.74) is 3.54. The Morgan fingerprint density at radius 3 is 2.20 bits per heavy atom. The van der Waals surface area contributed by atoms with Crippen LogP contribution in [0, 0.1) is 0 Å². The summed E-state index contributed by atoms with van der Waals surface area (Å²) in [5, 5.41) is 6.01. The molecule has 0 spiro atoms. The standard InChI is InChI=1S/C27H26N4O3S/c1-4-19-9-15-22(16-10-19)31-26(34)23-7-5-6-8-24(23)30-27(31)35-17(2)25(33)29-21-13-11-20(12-14-21)28-18(3)32/h5-17H,4H2,1-3H3,(H,28,32)(H,29,33). The molecular formula is C27H26N4O3S. The first kappa shape index (κ1) is 24.2. The normalized spacial score (nSPS) is 11.7. The van der Waals surface area contributed by atoms with Gasteiger partial charge in [0.05, 0.1) is 21.8 Å². The fourth-order valence-electron chi connectivity index (χ4n) is 3.60. The van der Waals surface area contributed by atoms with Gasteiger partial charge in [-0.05, 0) is 67.4 Å². The number of anilines is 2. The largest absolute Gasteiger partial charge is 0.326 e. The van der Waals surface area contributed by atoms with Crippen molar-refractivity contribution in [2.24, 2.45) is 0 Å². The van der Waals surface area contributed by atoms with Gasteiger partial charge in [-0.25, -0.2) is 4.98 Å². The third-order valence-electron chi connectivity index (χ3n) is 5.47. The number of benzene rings is 3. The molecule has 4 rings (SSSR count). The van der Waals surface area contributed by atoms with Gasteiger partial charge < -0.3 is 10.6 Å². The number of carbonyl (C=O) groups excluding carboxylic acids is 2. The van der Waals surface area contributed by atoms with Crippen LogP contribution in [-0.2, 0) is 16.0 Å². The molecular weight excluding hydrogens is 460 g/mol. The highest BCUT2D eigenvalue weighted by Crippen LogP contribution is 2.26. The van der Waals surface area contributed by atoms with Crippen LogP contribution in [0.2, 0.25) is 0 Å². The summed E-state index contributed by atoms with van der Waals surface area (Å²) in [6.45, 7) is 5.29. The molecule has 178 valence electrons. The van der Waals surface area contributed by atoms with E-state index in [1.165, 1.54) is 24.2 Å². The molecule has 8 heteroatoms. The van der Waals surface area contributed by atoms with Crippen molar-refractivity contribution < 1.29 is 9.59 Å². The average Bonchev–Trinajstić information content (AvgIpc) is 2.85. The van der Waals surface area contributed by atoms with Crippen LogP contribution in [0.15, 0.2) is 82.7 Å². The first-order valence-electron chi connectivity index (χ1n) is 11.3. The number of thioether (sulfide) groups is 1. The van der Waals surface area contributed by atoms with Crippen molar-refractivity contribution in [1.82, 2.24) is 9.55 Å². The second kappa shape index (κ2) is 10.6. The lowest BCUT2D eigenvalue weighted by Crippen LogP contribution is -2.26. The van der Waals surface area contributed by atoms with Crippen LogP contribution in [0.1, 0.15) is 26.3 Å². The van der Waals surface area contributed by atoms with Crippen molar-refractivity contribution in [2.45, 2.75) is 37.6 Å². The topological polar surface area (TPSA) is 93.1 Å². The number of rotatable bonds is 7. The molecule has 0 fully saturated rings. The van der Waals surface area contributed by atoms with Crippen molar-refractivity contribution in [3.63, 3.8) is 0 Å². The molecule has 0 saturated heterocycles. The third kappa shape index (κ3) is 5.60. The molecule has 1 atom stereocenters. The maximum Gasteiger partial charge on any atom is 0.266 e. The number of para-hydroxylation sites is 1. The molecule has 2 amide bonds. The maximum absolute atomic E-state index is 13.4. The zero-order valence-corrected chi connectivity index (χ0v) is 20.6. The van der Waals surface area contributed by atoms with Crippen molar-refractivity contribution in [2.75, 3.05) is 10.6 Å². The Morgan fingerprint density at radius 1 is 0.943 bits per heavy atom. The van der Waals surface area contributed by atoms with Gasteiger partial charge in [-0.1, -0.05) is 43.0 Å². The zero-order chi connectivity index (χ0) is 24.9. The molecule has 3 aromatic carbocycles. The minimum atomic E-state index is -0.528. The molecule has 0 radical (unpaired) electrons. The van der Waals surface area contributed by atoms with Gasteiger partial charge in [-0.15, -0.1) is 0 Å². The van der Waals surface area contributed by atoms with Crippen LogP contribution < -0.4 is 16.2 Å². The summed E-state index contributed by atoms with van der Waals surface area (Å²) in [4.78, 5) is 42.3. The molecule has 0 aliphatic carbocycles. The number of hydrogen-bond acceptors (Lipinski definition) is 5. The van der Waals surface area contributed by atoms with E-state index in [2.05, 4.69) is 17.6 Å². The van der Waals surface area contributed by atoms with E-state index in [9.17, 15) is 14.4 Å². The molecule has 1 unspecified atom stereocenters. The minimum absolute atomic E-state index is 0.162. The number of aryl methyl sites for hydroxylation is 1. The van der Waals surface area contributed by atoms with Crippen LogP contribution >= 0.6 is 11.8 Å². The van der Waals surface area contributed by atoms with Gasteiger partial charge in [0.15, 0.2) is 5.16 Å². The van der Waals surface area contributed by atoms with Gasteiger partial charge in [0.25, 0.3) is 5.56 Å². The average molecular weight is 487 g/mol. The van der Waals surface area contributed by atoms with Crippen molar-refractivity contribution >= 4 is 45.9 Å². The second-order valence-electron chi connectivity index (χ2n) is 8.08. The lowest BCUT2D eigenvalue weighted by atomic mass is 10.1. The highest BCUT2D eigenvalue weighted by atomic mass is 32.2. The fraction of sp³-hybridized carbons (Fsp3) is 0.185. The summed E-state index contributed by atoms with van der Waals surface area (Å²) < 4.78 is 1.57. The number of amides is 2. The predicted molar refractivity (Wildman–Crippen MR) is 141 cm³/mol. The van der Waals surface area contributed by atoms with Crippen LogP contribution in [0.25, 0.3) is 16.6 Å². The monoisotopic (exact) mass is 486 g/mol. The Morgan fingerprint density at radius 2 is 1.57 bits per heavy atom. The van der Waals surface area contributed by atoms with Crippen molar-refractivity contribution in [1.29, 1.82) is 0 Å². The van der Waals surface area contributed by atoms with E-state index in [0.29, 0.717) is 33.1 Å². The van der Waals surface area contributed by atoms with Gasteiger partial charge in [0.2, 0.25) is 11.8 Å². The maximum atomic E-state index is 13.4. The smallest absolute Gasteiger partial charge is 0.266 e. The third-order valence-corrected chi connectivity index (χ3v) is 6.52. The summed E-state index contributed by atoms with van der Waals surface area (Å²) in [7, 11) is 0. The predicted octanol–water partition coefficient (Wildman–Crippen LogP) is 5.03. The molecule has 4 aromatic rings. The lowest BCUT2D eigenvalue weighted by Gasteiger charge is -2.17. The van der Waals surface area contributed by atoms with Gasteiger partial charge in [-0.2, -0.15) is 0 Å². The second-order valence-corrected chi connectivity index (χ2v) is 9.39. The molecule has 7 nitrogen and oxygen atoms in total. The Kier molecular flexibility index (Phi) is 7.31. The van der Waals surface area contributed by atoms with E-state index >= 15 is 0 Å². The van der Waals surface area contributed by atoms with E-state index in [1.54, 1.807) is 47.9 Å². The number of aromatic nitrogens is 2. The fourth-order valence-corrected chi connectivity index (χ4v) is 4.52. The Hall–Kier alpha value is -3.91. The molecule has 0 aliphatic heterocycles. The minimum Gasteiger partial charge on any atom is -0.326 e. The Balaban J connectivity index is 1.62. The summed E-state index contributed by atoms with van der Waals surface area (Å²) in [6, 6.07) is 21.9. The number of nitrogens with one attached hydrogen (secondary N) is 2. The molecule has 2 N–H and O–H groups in total. The summed E-state index contributed by atoms with van der Waals surface area (Å²) in [6.07, 6.45) is 0.899. The Labute approximate surface area is 207 Å². The van der Waals surface area contributed by atoms with Crippen molar-refractivity contribution in [3.05, 3.63) is 88.7 Å². The number of hydrogen-bond donors (Lipinski definition) is 2. The van der Waals surface area contributed by atoms with Gasteiger partial charge in [0, 0.05) is 18.3 Å². The van der Waals surface area contributed by atoms with Crippen LogP contribution in [-0.4, -0.2) is 26.6 Å². The first-order valence-corrected chi connectivity index (χ1v) is 12.2. The van der Waals surface area contributed by atoms with Gasteiger partial charge in [0.1, 0.15) is 0 Å².